The van der Waals surface area contributed by atoms with Crippen LogP contribution in [0.4, 0.5) is 0 Å². The highest BCUT2D eigenvalue weighted by atomic mass is 127. The molecule has 0 bridgehead atoms. The van der Waals surface area contributed by atoms with Gasteiger partial charge in [-0.1, -0.05) is 48.1 Å². The van der Waals surface area contributed by atoms with E-state index >= 15 is 0 Å². The molecule has 128 valence electrons. The van der Waals surface area contributed by atoms with Crippen LogP contribution in [0.1, 0.15) is 87.0 Å². The van der Waals surface area contributed by atoms with Crippen LogP contribution in [-0.2, 0) is 12.8 Å². The first kappa shape index (κ1) is 17.8. The minimum atomic E-state index is 0.677. The van der Waals surface area contributed by atoms with Gasteiger partial charge in [0.15, 0.2) is 0 Å². The van der Waals surface area contributed by atoms with Crippen molar-refractivity contribution in [3.05, 3.63) is 34.4 Å². The van der Waals surface area contributed by atoms with Crippen molar-refractivity contribution in [1.82, 2.24) is 0 Å². The molecular formula is C22H33I. The maximum atomic E-state index is 2.69. The highest BCUT2D eigenvalue weighted by molar-refractivity contribution is 14.1. The number of hydrogen-bond donors (Lipinski definition) is 0. The normalized spacial score (nSPS) is 20.5. The van der Waals surface area contributed by atoms with Crippen LogP contribution in [0.5, 0.6) is 0 Å². The van der Waals surface area contributed by atoms with E-state index in [2.05, 4.69) is 55.5 Å². The van der Waals surface area contributed by atoms with Gasteiger partial charge in [0.25, 0.3) is 0 Å². The molecule has 0 radical (unpaired) electrons. The van der Waals surface area contributed by atoms with Gasteiger partial charge in [-0.05, 0) is 106 Å². The van der Waals surface area contributed by atoms with E-state index < -0.39 is 0 Å². The molecule has 0 nitrogen and oxygen atoms in total. The second-order valence-electron chi connectivity index (χ2n) is 8.36. The highest BCUT2D eigenvalue weighted by Gasteiger charge is 2.39. The first-order valence-corrected chi connectivity index (χ1v) is 10.8. The Morgan fingerprint density at radius 1 is 0.957 bits per heavy atom. The molecule has 0 spiro atoms. The second-order valence-corrected chi connectivity index (χ2v) is 10.6. The van der Waals surface area contributed by atoms with Crippen LogP contribution < -0.4 is 0 Å². The van der Waals surface area contributed by atoms with E-state index in [-0.39, 0.29) is 0 Å². The fraction of sp³-hybridized carbons (Fsp3) is 0.727. The van der Waals surface area contributed by atoms with Crippen molar-refractivity contribution >= 4 is 22.6 Å². The van der Waals surface area contributed by atoms with Crippen molar-refractivity contribution in [2.75, 3.05) is 0 Å². The molecule has 0 unspecified atom stereocenters. The van der Waals surface area contributed by atoms with Gasteiger partial charge in [0, 0.05) is 3.42 Å². The summed E-state index contributed by atoms with van der Waals surface area (Å²) >= 11 is 2.69. The standard InChI is InChI=1S/C22H33I/c1-4-21(13-14-21)11-5-7-19-10-9-17(2)20(18(19)3)8-6-12-22(23)15-16-22/h9-10H,4-8,11-16H2,1-3H3. The van der Waals surface area contributed by atoms with Gasteiger partial charge >= 0.3 is 0 Å². The number of halogens is 1. The van der Waals surface area contributed by atoms with E-state index in [1.54, 1.807) is 16.7 Å². The van der Waals surface area contributed by atoms with Crippen LogP contribution in [0.2, 0.25) is 0 Å². The Hall–Kier alpha value is -0.0500. The summed E-state index contributed by atoms with van der Waals surface area (Å²) in [6.45, 7) is 7.06. The monoisotopic (exact) mass is 424 g/mol. The van der Waals surface area contributed by atoms with E-state index in [9.17, 15) is 0 Å². The van der Waals surface area contributed by atoms with E-state index in [1.165, 1.54) is 76.2 Å². The Kier molecular flexibility index (Phi) is 5.45. The van der Waals surface area contributed by atoms with E-state index in [0.717, 1.165) is 5.41 Å². The molecule has 0 heterocycles. The van der Waals surface area contributed by atoms with Crippen molar-refractivity contribution < 1.29 is 0 Å². The minimum absolute atomic E-state index is 0.677. The third-order valence-electron chi connectivity index (χ3n) is 6.65. The molecule has 1 heteroatoms. The lowest BCUT2D eigenvalue weighted by molar-refractivity contribution is 0.433. The molecule has 0 aromatic heterocycles. The SMILES string of the molecule is CCC1(CCCc2ccc(C)c(CCCC3(I)CC3)c2C)CC1. The van der Waals surface area contributed by atoms with Gasteiger partial charge in [0.1, 0.15) is 0 Å². The number of rotatable bonds is 9. The smallest absolute Gasteiger partial charge is 0.0223 e. The third-order valence-corrected chi connectivity index (χ3v) is 8.27. The highest BCUT2D eigenvalue weighted by Crippen LogP contribution is 2.52. The largest absolute Gasteiger partial charge is 0.0789 e. The number of aryl methyl sites for hydroxylation is 2. The molecule has 2 aliphatic carbocycles. The molecule has 2 fully saturated rings. The summed E-state index contributed by atoms with van der Waals surface area (Å²) in [5, 5.41) is 0. The summed E-state index contributed by atoms with van der Waals surface area (Å²) < 4.78 is 0.677. The third kappa shape index (κ3) is 4.52. The van der Waals surface area contributed by atoms with Crippen molar-refractivity contribution in [1.29, 1.82) is 0 Å². The molecule has 23 heavy (non-hydrogen) atoms. The molecule has 0 saturated heterocycles. The predicted molar refractivity (Wildman–Crippen MR) is 110 cm³/mol. The Balaban J connectivity index is 1.56. The number of benzene rings is 1. The molecule has 2 saturated carbocycles. The van der Waals surface area contributed by atoms with Crippen LogP contribution in [0.3, 0.4) is 0 Å². The maximum Gasteiger partial charge on any atom is 0.0223 e. The van der Waals surface area contributed by atoms with Crippen molar-refractivity contribution in [2.45, 2.75) is 94.8 Å². The first-order chi connectivity index (χ1) is 11.0. The summed E-state index contributed by atoms with van der Waals surface area (Å²) in [5.41, 5.74) is 7.13. The lowest BCUT2D eigenvalue weighted by Gasteiger charge is -2.17. The number of alkyl halides is 1. The Bertz CT molecular complexity index is 549. The summed E-state index contributed by atoms with van der Waals surface area (Å²) in [6.07, 6.45) is 15.4. The zero-order valence-electron chi connectivity index (χ0n) is 15.3. The average molecular weight is 424 g/mol. The fourth-order valence-corrected chi connectivity index (χ4v) is 4.83. The van der Waals surface area contributed by atoms with Gasteiger partial charge in [0.2, 0.25) is 0 Å². The molecular weight excluding hydrogens is 391 g/mol. The van der Waals surface area contributed by atoms with Gasteiger partial charge < -0.3 is 0 Å². The van der Waals surface area contributed by atoms with E-state index in [1.807, 2.05) is 0 Å². The Morgan fingerprint density at radius 3 is 2.26 bits per heavy atom. The van der Waals surface area contributed by atoms with Crippen LogP contribution in [0.25, 0.3) is 0 Å². The van der Waals surface area contributed by atoms with Gasteiger partial charge in [0.05, 0.1) is 0 Å². The second kappa shape index (κ2) is 7.06. The summed E-state index contributed by atoms with van der Waals surface area (Å²) in [7, 11) is 0. The minimum Gasteiger partial charge on any atom is -0.0789 e. The molecule has 3 rings (SSSR count). The topological polar surface area (TPSA) is 0 Å². The van der Waals surface area contributed by atoms with Crippen LogP contribution in [0, 0.1) is 19.3 Å². The van der Waals surface area contributed by atoms with Crippen molar-refractivity contribution in [3.8, 4) is 0 Å². The average Bonchev–Trinajstić information content (AvgIpc) is 3.44. The van der Waals surface area contributed by atoms with Crippen LogP contribution in [-0.4, -0.2) is 3.42 Å². The lowest BCUT2D eigenvalue weighted by Crippen LogP contribution is -2.04. The zero-order valence-corrected chi connectivity index (χ0v) is 17.5. The first-order valence-electron chi connectivity index (χ1n) is 9.74. The molecule has 2 aliphatic rings. The predicted octanol–water partition coefficient (Wildman–Crippen LogP) is 7.11. The molecule has 0 aliphatic heterocycles. The van der Waals surface area contributed by atoms with Gasteiger partial charge in [-0.25, -0.2) is 0 Å². The molecule has 0 amide bonds. The quantitative estimate of drug-likeness (QED) is 0.293. The molecule has 1 aromatic rings. The van der Waals surface area contributed by atoms with Crippen LogP contribution in [0.15, 0.2) is 12.1 Å². The Morgan fingerprint density at radius 2 is 1.65 bits per heavy atom. The van der Waals surface area contributed by atoms with E-state index in [0.29, 0.717) is 3.42 Å². The van der Waals surface area contributed by atoms with Gasteiger partial charge in [-0.2, -0.15) is 0 Å². The molecule has 1 aromatic carbocycles. The summed E-state index contributed by atoms with van der Waals surface area (Å²) in [5.74, 6) is 0. The molecule has 0 atom stereocenters. The van der Waals surface area contributed by atoms with Crippen molar-refractivity contribution in [3.63, 3.8) is 0 Å². The summed E-state index contributed by atoms with van der Waals surface area (Å²) in [4.78, 5) is 0. The van der Waals surface area contributed by atoms with Crippen molar-refractivity contribution in [2.24, 2.45) is 5.41 Å². The summed E-state index contributed by atoms with van der Waals surface area (Å²) in [6, 6.07) is 4.78. The Labute approximate surface area is 157 Å². The lowest BCUT2D eigenvalue weighted by atomic mass is 9.89. The van der Waals surface area contributed by atoms with Crippen LogP contribution >= 0.6 is 22.6 Å². The van der Waals surface area contributed by atoms with E-state index in [4.69, 9.17) is 0 Å². The fourth-order valence-electron chi connectivity index (χ4n) is 4.17. The zero-order chi connectivity index (χ0) is 16.5. The maximum absolute atomic E-state index is 2.69. The number of hydrogen-bond acceptors (Lipinski definition) is 0. The van der Waals surface area contributed by atoms with Gasteiger partial charge in [-0.3, -0.25) is 0 Å². The van der Waals surface area contributed by atoms with Gasteiger partial charge in [-0.15, -0.1) is 0 Å². The molecule has 0 N–H and O–H groups in total.